The van der Waals surface area contributed by atoms with E-state index in [1.54, 1.807) is 0 Å². The highest BCUT2D eigenvalue weighted by molar-refractivity contribution is 5.75. The molecule has 116 valence electrons. The van der Waals surface area contributed by atoms with Crippen molar-refractivity contribution in [3.8, 4) is 5.75 Å². The van der Waals surface area contributed by atoms with Gasteiger partial charge in [0.2, 0.25) is 5.91 Å². The third-order valence-corrected chi connectivity index (χ3v) is 3.84. The summed E-state index contributed by atoms with van der Waals surface area (Å²) >= 11 is 0. The molecule has 0 aromatic heterocycles. The van der Waals surface area contributed by atoms with Gasteiger partial charge in [-0.1, -0.05) is 6.07 Å². The Morgan fingerprint density at radius 1 is 1.38 bits per heavy atom. The van der Waals surface area contributed by atoms with E-state index in [2.05, 4.69) is 17.0 Å². The molecule has 1 aliphatic rings. The van der Waals surface area contributed by atoms with Gasteiger partial charge >= 0.3 is 0 Å². The molecule has 1 saturated heterocycles. The van der Waals surface area contributed by atoms with Crippen LogP contribution in [0.3, 0.4) is 0 Å². The average Bonchev–Trinajstić information content (AvgIpc) is 2.41. The minimum Gasteiger partial charge on any atom is -0.489 e. The highest BCUT2D eigenvalue weighted by Crippen LogP contribution is 2.33. The summed E-state index contributed by atoms with van der Waals surface area (Å²) in [6.07, 6.45) is 2.16. The predicted molar refractivity (Wildman–Crippen MR) is 84.2 cm³/mol. The fraction of sp³-hybridized carbons (Fsp3) is 0.562. The molecule has 0 bridgehead atoms. The highest BCUT2D eigenvalue weighted by Gasteiger charge is 2.22. The first kappa shape index (κ1) is 15.6. The molecule has 0 aliphatic carbocycles. The second kappa shape index (κ2) is 6.80. The van der Waals surface area contributed by atoms with Crippen LogP contribution in [0.5, 0.6) is 5.75 Å². The Balaban J connectivity index is 2.01. The number of hydrogen-bond donors (Lipinski definition) is 2. The largest absolute Gasteiger partial charge is 0.489 e. The molecular weight excluding hydrogens is 266 g/mol. The van der Waals surface area contributed by atoms with Crippen LogP contribution in [0, 0.1) is 0 Å². The van der Waals surface area contributed by atoms with Crippen molar-refractivity contribution in [2.45, 2.75) is 38.7 Å². The van der Waals surface area contributed by atoms with Gasteiger partial charge in [-0.2, -0.15) is 0 Å². The Hall–Kier alpha value is -1.75. The molecule has 0 spiro atoms. The molecule has 5 nitrogen and oxygen atoms in total. The number of nitrogens with two attached hydrogens (primary N) is 2. The van der Waals surface area contributed by atoms with Crippen LogP contribution in [0.2, 0.25) is 0 Å². The third-order valence-electron chi connectivity index (χ3n) is 3.84. The summed E-state index contributed by atoms with van der Waals surface area (Å²) in [5.74, 6) is 1.000. The first-order chi connectivity index (χ1) is 9.95. The van der Waals surface area contributed by atoms with Crippen LogP contribution >= 0.6 is 0 Å². The van der Waals surface area contributed by atoms with Gasteiger partial charge in [0, 0.05) is 0 Å². The van der Waals surface area contributed by atoms with E-state index in [0.717, 1.165) is 31.7 Å². The number of likely N-dealkylation sites (tertiary alicyclic amines) is 1. The summed E-state index contributed by atoms with van der Waals surface area (Å²) in [5, 5.41) is 0. The van der Waals surface area contributed by atoms with E-state index in [1.165, 1.54) is 5.56 Å². The van der Waals surface area contributed by atoms with Crippen molar-refractivity contribution in [3.63, 3.8) is 0 Å². The summed E-state index contributed by atoms with van der Waals surface area (Å²) in [6, 6.07) is 6.06. The zero-order chi connectivity index (χ0) is 15.4. The van der Waals surface area contributed by atoms with Gasteiger partial charge in [0.15, 0.2) is 0 Å². The fourth-order valence-electron chi connectivity index (χ4n) is 2.81. The molecule has 5 heteroatoms. The Morgan fingerprint density at radius 2 is 2.05 bits per heavy atom. The monoisotopic (exact) mass is 291 g/mol. The van der Waals surface area contributed by atoms with Crippen LogP contribution in [-0.4, -0.2) is 36.5 Å². The number of primary amides is 1. The molecule has 1 heterocycles. The van der Waals surface area contributed by atoms with Crippen LogP contribution in [0.4, 0.5) is 5.69 Å². The van der Waals surface area contributed by atoms with Gasteiger partial charge in [-0.15, -0.1) is 0 Å². The quantitative estimate of drug-likeness (QED) is 0.809. The second-order valence-corrected chi connectivity index (χ2v) is 5.98. The van der Waals surface area contributed by atoms with Crippen molar-refractivity contribution < 1.29 is 9.53 Å². The molecule has 1 aromatic carbocycles. The van der Waals surface area contributed by atoms with E-state index >= 15 is 0 Å². The first-order valence-electron chi connectivity index (χ1n) is 7.52. The summed E-state index contributed by atoms with van der Waals surface area (Å²) in [7, 11) is 0. The number of ether oxygens (including phenoxy) is 1. The van der Waals surface area contributed by atoms with E-state index in [4.69, 9.17) is 16.2 Å². The summed E-state index contributed by atoms with van der Waals surface area (Å²) in [6.45, 7) is 6.15. The van der Waals surface area contributed by atoms with Crippen LogP contribution in [0.1, 0.15) is 38.2 Å². The molecule has 4 N–H and O–H groups in total. The molecule has 21 heavy (non-hydrogen) atoms. The Morgan fingerprint density at radius 3 is 2.62 bits per heavy atom. The molecule has 0 unspecified atom stereocenters. The van der Waals surface area contributed by atoms with Gasteiger partial charge < -0.3 is 16.2 Å². The average molecular weight is 291 g/mol. The first-order valence-corrected chi connectivity index (χ1v) is 7.52. The fourth-order valence-corrected chi connectivity index (χ4v) is 2.81. The Labute approximate surface area is 126 Å². The molecule has 2 rings (SSSR count). The van der Waals surface area contributed by atoms with E-state index in [0.29, 0.717) is 18.2 Å². The second-order valence-electron chi connectivity index (χ2n) is 5.98. The van der Waals surface area contributed by atoms with Crippen LogP contribution < -0.4 is 16.2 Å². The standard InChI is InChI=1S/C16H25N3O2/c1-11(2)21-15-9-13(3-4-14(15)17)12-5-7-19(8-6-12)10-16(18)20/h3-4,9,11-12H,5-8,10,17H2,1-2H3,(H2,18,20). The lowest BCUT2D eigenvalue weighted by molar-refractivity contribution is -0.119. The van der Waals surface area contributed by atoms with Crippen molar-refractivity contribution in [2.24, 2.45) is 5.73 Å². The summed E-state index contributed by atoms with van der Waals surface area (Å²) in [5.41, 5.74) is 13.1. The van der Waals surface area contributed by atoms with Gasteiger partial charge in [-0.05, 0) is 63.4 Å². The summed E-state index contributed by atoms with van der Waals surface area (Å²) < 4.78 is 5.75. The topological polar surface area (TPSA) is 81.6 Å². The number of piperidine rings is 1. The zero-order valence-electron chi connectivity index (χ0n) is 12.8. The van der Waals surface area contributed by atoms with Crippen LogP contribution in [-0.2, 0) is 4.79 Å². The minimum absolute atomic E-state index is 0.111. The number of anilines is 1. The van der Waals surface area contributed by atoms with Gasteiger partial charge in [0.05, 0.1) is 18.3 Å². The molecule has 1 aromatic rings. The predicted octanol–water partition coefficient (Wildman–Crippen LogP) is 1.72. The smallest absolute Gasteiger partial charge is 0.231 e. The number of carbonyl (C=O) groups excluding carboxylic acids is 1. The lowest BCUT2D eigenvalue weighted by atomic mass is 9.89. The number of nitrogens with zero attached hydrogens (tertiary/aromatic N) is 1. The van der Waals surface area contributed by atoms with E-state index < -0.39 is 0 Å². The van der Waals surface area contributed by atoms with Gasteiger partial charge in [0.1, 0.15) is 5.75 Å². The minimum atomic E-state index is -0.256. The van der Waals surface area contributed by atoms with Gasteiger partial charge in [0.25, 0.3) is 0 Å². The normalized spacial score (nSPS) is 17.1. The lowest BCUT2D eigenvalue weighted by Gasteiger charge is -2.31. The zero-order valence-corrected chi connectivity index (χ0v) is 12.8. The van der Waals surface area contributed by atoms with E-state index in [-0.39, 0.29) is 12.0 Å². The van der Waals surface area contributed by atoms with Gasteiger partial charge in [-0.25, -0.2) is 0 Å². The Kier molecular flexibility index (Phi) is 5.07. The number of rotatable bonds is 5. The molecule has 0 radical (unpaired) electrons. The van der Waals surface area contributed by atoms with E-state index in [9.17, 15) is 4.79 Å². The maximum absolute atomic E-state index is 11.0. The number of carbonyl (C=O) groups is 1. The molecule has 1 amide bonds. The molecule has 1 aliphatic heterocycles. The summed E-state index contributed by atoms with van der Waals surface area (Å²) in [4.78, 5) is 13.1. The number of hydrogen-bond acceptors (Lipinski definition) is 4. The molecule has 0 saturated carbocycles. The lowest BCUT2D eigenvalue weighted by Crippen LogP contribution is -2.39. The van der Waals surface area contributed by atoms with Crippen molar-refractivity contribution in [2.75, 3.05) is 25.4 Å². The Bertz CT molecular complexity index is 494. The van der Waals surface area contributed by atoms with Gasteiger partial charge in [-0.3, -0.25) is 9.69 Å². The highest BCUT2D eigenvalue weighted by atomic mass is 16.5. The third kappa shape index (κ3) is 4.36. The van der Waals surface area contributed by atoms with Crippen molar-refractivity contribution in [1.29, 1.82) is 0 Å². The molecule has 1 fully saturated rings. The van der Waals surface area contributed by atoms with Crippen LogP contribution in [0.15, 0.2) is 18.2 Å². The van der Waals surface area contributed by atoms with Crippen molar-refractivity contribution in [3.05, 3.63) is 23.8 Å². The maximum atomic E-state index is 11.0. The van der Waals surface area contributed by atoms with Crippen LogP contribution in [0.25, 0.3) is 0 Å². The van der Waals surface area contributed by atoms with E-state index in [1.807, 2.05) is 19.9 Å². The maximum Gasteiger partial charge on any atom is 0.231 e. The number of nitrogen functional groups attached to an aromatic ring is 1. The number of amides is 1. The van der Waals surface area contributed by atoms with Crippen molar-refractivity contribution in [1.82, 2.24) is 4.90 Å². The SMILES string of the molecule is CC(C)Oc1cc(C2CCN(CC(N)=O)CC2)ccc1N. The van der Waals surface area contributed by atoms with Crippen molar-refractivity contribution >= 4 is 11.6 Å². The molecule has 0 atom stereocenters. The number of benzene rings is 1. The molecular formula is C16H25N3O2.